The Morgan fingerprint density at radius 2 is 1.85 bits per heavy atom. The number of amides is 1. The minimum absolute atomic E-state index is 0.0343. The van der Waals surface area contributed by atoms with Gasteiger partial charge in [-0.3, -0.25) is 9.69 Å². The molecule has 1 amide bonds. The van der Waals surface area contributed by atoms with Crippen molar-refractivity contribution in [3.63, 3.8) is 0 Å². The fourth-order valence-electron chi connectivity index (χ4n) is 2.05. The summed E-state index contributed by atoms with van der Waals surface area (Å²) in [5.41, 5.74) is -0.680. The standard InChI is InChI=1S/C13H21NO5S/c1-8(15)20-9-5-6-10(11(16)17)14(7-9)12(18)19-13(2,3)4/h9-10H,5-7H2,1-4H3,(H,16,17). The van der Waals surface area contributed by atoms with Crippen LogP contribution >= 0.6 is 11.8 Å². The minimum Gasteiger partial charge on any atom is -0.480 e. The number of ether oxygens (including phenoxy) is 1. The van der Waals surface area contributed by atoms with Gasteiger partial charge >= 0.3 is 12.1 Å². The van der Waals surface area contributed by atoms with Crippen molar-refractivity contribution in [1.82, 2.24) is 4.90 Å². The van der Waals surface area contributed by atoms with Crippen molar-refractivity contribution < 1.29 is 24.2 Å². The van der Waals surface area contributed by atoms with Gasteiger partial charge in [-0.15, -0.1) is 0 Å². The van der Waals surface area contributed by atoms with Crippen molar-refractivity contribution in [2.45, 2.75) is 57.4 Å². The molecule has 0 aromatic rings. The lowest BCUT2D eigenvalue weighted by molar-refractivity contribution is -0.144. The molecule has 0 saturated carbocycles. The van der Waals surface area contributed by atoms with Crippen LogP contribution in [0.5, 0.6) is 0 Å². The van der Waals surface area contributed by atoms with Gasteiger partial charge < -0.3 is 9.84 Å². The van der Waals surface area contributed by atoms with Crippen LogP contribution in [0.25, 0.3) is 0 Å². The second-order valence-electron chi connectivity index (χ2n) is 5.80. The molecule has 1 aliphatic heterocycles. The van der Waals surface area contributed by atoms with Gasteiger partial charge in [0.25, 0.3) is 0 Å². The Balaban J connectivity index is 2.80. The quantitative estimate of drug-likeness (QED) is 0.841. The van der Waals surface area contributed by atoms with Crippen molar-refractivity contribution in [2.75, 3.05) is 6.54 Å². The summed E-state index contributed by atoms with van der Waals surface area (Å²) in [6, 6.07) is -0.881. The predicted octanol–water partition coefficient (Wildman–Crippen LogP) is 2.12. The third kappa shape index (κ3) is 5.03. The van der Waals surface area contributed by atoms with Crippen molar-refractivity contribution in [3.8, 4) is 0 Å². The average Bonchev–Trinajstić information content (AvgIpc) is 2.25. The van der Waals surface area contributed by atoms with Crippen LogP contribution in [-0.2, 0) is 14.3 Å². The van der Waals surface area contributed by atoms with E-state index in [-0.39, 0.29) is 16.9 Å². The highest BCUT2D eigenvalue weighted by Crippen LogP contribution is 2.28. The molecule has 7 heteroatoms. The Morgan fingerprint density at radius 1 is 1.25 bits per heavy atom. The molecule has 1 fully saturated rings. The predicted molar refractivity (Wildman–Crippen MR) is 75.7 cm³/mol. The number of hydrogen-bond acceptors (Lipinski definition) is 5. The maximum Gasteiger partial charge on any atom is 0.411 e. The van der Waals surface area contributed by atoms with Crippen LogP contribution in [-0.4, -0.2) is 50.6 Å². The van der Waals surface area contributed by atoms with E-state index in [1.165, 1.54) is 11.8 Å². The maximum absolute atomic E-state index is 12.1. The molecule has 1 aliphatic rings. The number of carbonyl (C=O) groups excluding carboxylic acids is 2. The number of carboxylic acids is 1. The van der Waals surface area contributed by atoms with Crippen molar-refractivity contribution >= 4 is 28.9 Å². The first-order valence-corrected chi connectivity index (χ1v) is 7.38. The lowest BCUT2D eigenvalue weighted by Gasteiger charge is -2.37. The van der Waals surface area contributed by atoms with Gasteiger partial charge in [0.1, 0.15) is 11.6 Å². The Hall–Kier alpha value is -1.24. The number of thioether (sulfide) groups is 1. The van der Waals surface area contributed by atoms with Crippen LogP contribution in [0.2, 0.25) is 0 Å². The second-order valence-corrected chi connectivity index (χ2v) is 7.27. The van der Waals surface area contributed by atoms with E-state index in [9.17, 15) is 19.5 Å². The molecule has 1 saturated heterocycles. The molecule has 2 unspecified atom stereocenters. The van der Waals surface area contributed by atoms with Gasteiger partial charge in [0, 0.05) is 18.7 Å². The van der Waals surface area contributed by atoms with Crippen LogP contribution in [0, 0.1) is 0 Å². The largest absolute Gasteiger partial charge is 0.480 e. The lowest BCUT2D eigenvalue weighted by Crippen LogP contribution is -2.53. The SMILES string of the molecule is CC(=O)SC1CCC(C(=O)O)N(C(=O)OC(C)(C)C)C1. The maximum atomic E-state index is 12.1. The molecule has 0 bridgehead atoms. The van der Waals surface area contributed by atoms with Crippen molar-refractivity contribution in [2.24, 2.45) is 0 Å². The number of likely N-dealkylation sites (tertiary alicyclic amines) is 1. The zero-order valence-electron chi connectivity index (χ0n) is 12.2. The smallest absolute Gasteiger partial charge is 0.411 e. The third-order valence-electron chi connectivity index (χ3n) is 2.78. The van der Waals surface area contributed by atoms with Crippen molar-refractivity contribution in [3.05, 3.63) is 0 Å². The summed E-state index contributed by atoms with van der Waals surface area (Å²) >= 11 is 1.15. The van der Waals surface area contributed by atoms with E-state index in [4.69, 9.17) is 4.74 Å². The van der Waals surface area contributed by atoms with Gasteiger partial charge in [0.2, 0.25) is 0 Å². The molecule has 1 N–H and O–H groups in total. The zero-order valence-corrected chi connectivity index (χ0v) is 13.0. The molecule has 114 valence electrons. The normalized spacial score (nSPS) is 23.3. The molecular weight excluding hydrogens is 282 g/mol. The molecule has 0 aliphatic carbocycles. The molecule has 20 heavy (non-hydrogen) atoms. The van der Waals surface area contributed by atoms with E-state index in [0.29, 0.717) is 12.8 Å². The van der Waals surface area contributed by atoms with E-state index in [1.54, 1.807) is 20.8 Å². The van der Waals surface area contributed by atoms with Gasteiger partial charge in [-0.05, 0) is 33.6 Å². The van der Waals surface area contributed by atoms with Crippen molar-refractivity contribution in [1.29, 1.82) is 0 Å². The molecule has 6 nitrogen and oxygen atoms in total. The summed E-state index contributed by atoms with van der Waals surface area (Å²) in [4.78, 5) is 35.7. The van der Waals surface area contributed by atoms with E-state index in [1.807, 2.05) is 0 Å². The van der Waals surface area contributed by atoms with E-state index >= 15 is 0 Å². The first-order valence-electron chi connectivity index (χ1n) is 6.50. The number of hydrogen-bond donors (Lipinski definition) is 1. The molecular formula is C13H21NO5S. The van der Waals surface area contributed by atoms with Gasteiger partial charge in [0.05, 0.1) is 0 Å². The summed E-state index contributed by atoms with van der Waals surface area (Å²) in [6.45, 7) is 6.87. The molecule has 1 heterocycles. The van der Waals surface area contributed by atoms with Gasteiger partial charge in [-0.1, -0.05) is 11.8 Å². The van der Waals surface area contributed by atoms with Crippen LogP contribution in [0.1, 0.15) is 40.5 Å². The fourth-order valence-corrected chi connectivity index (χ4v) is 3.01. The first-order chi connectivity index (χ1) is 9.10. The van der Waals surface area contributed by atoms with Gasteiger partial charge in [-0.2, -0.15) is 0 Å². The summed E-state index contributed by atoms with van der Waals surface area (Å²) < 4.78 is 5.24. The molecule has 0 aromatic heterocycles. The number of nitrogens with zero attached hydrogens (tertiary/aromatic N) is 1. The summed E-state index contributed by atoms with van der Waals surface area (Å²) in [6.07, 6.45) is 0.291. The Bertz CT molecular complexity index is 404. The van der Waals surface area contributed by atoms with E-state index in [2.05, 4.69) is 0 Å². The summed E-state index contributed by atoms with van der Waals surface area (Å²) in [5, 5.41) is 9.09. The van der Waals surface area contributed by atoms with Crippen LogP contribution in [0.4, 0.5) is 4.79 Å². The molecule has 0 radical (unpaired) electrons. The number of aliphatic carboxylic acids is 1. The second kappa shape index (κ2) is 6.47. The highest BCUT2D eigenvalue weighted by Gasteiger charge is 2.38. The molecule has 0 spiro atoms. The van der Waals surface area contributed by atoms with Gasteiger partial charge in [0.15, 0.2) is 5.12 Å². The summed E-state index contributed by atoms with van der Waals surface area (Å²) in [7, 11) is 0. The topological polar surface area (TPSA) is 83.9 Å². The Morgan fingerprint density at radius 3 is 2.30 bits per heavy atom. The first kappa shape index (κ1) is 16.8. The van der Waals surface area contributed by atoms with Crippen LogP contribution in [0.3, 0.4) is 0 Å². The monoisotopic (exact) mass is 303 g/mol. The number of carbonyl (C=O) groups is 3. The van der Waals surface area contributed by atoms with E-state index in [0.717, 1.165) is 11.8 Å². The molecule has 0 aromatic carbocycles. The third-order valence-corrected chi connectivity index (χ3v) is 3.83. The number of piperidine rings is 1. The average molecular weight is 303 g/mol. The highest BCUT2D eigenvalue weighted by atomic mass is 32.2. The molecule has 1 rings (SSSR count). The molecule has 2 atom stereocenters. The van der Waals surface area contributed by atoms with Crippen LogP contribution < -0.4 is 0 Å². The van der Waals surface area contributed by atoms with Crippen LogP contribution in [0.15, 0.2) is 0 Å². The highest BCUT2D eigenvalue weighted by molar-refractivity contribution is 8.14. The number of carboxylic acid groups (broad SMARTS) is 1. The minimum atomic E-state index is -1.04. The van der Waals surface area contributed by atoms with Gasteiger partial charge in [-0.25, -0.2) is 9.59 Å². The lowest BCUT2D eigenvalue weighted by atomic mass is 10.0. The Kier molecular flexibility index (Phi) is 5.44. The summed E-state index contributed by atoms with van der Waals surface area (Å²) in [5.74, 6) is -1.04. The fraction of sp³-hybridized carbons (Fsp3) is 0.769. The zero-order chi connectivity index (χ0) is 15.5. The Labute approximate surface area is 122 Å². The van der Waals surface area contributed by atoms with E-state index < -0.39 is 23.7 Å². The number of rotatable bonds is 2.